The van der Waals surface area contributed by atoms with E-state index in [0.29, 0.717) is 12.0 Å². The summed E-state index contributed by atoms with van der Waals surface area (Å²) in [5.74, 6) is 0. The van der Waals surface area contributed by atoms with E-state index in [1.807, 2.05) is 0 Å². The van der Waals surface area contributed by atoms with E-state index >= 15 is 0 Å². The molecule has 1 unspecified atom stereocenters. The minimum Gasteiger partial charge on any atom is -0.381 e. The fourth-order valence-corrected chi connectivity index (χ4v) is 3.95. The molecule has 0 aromatic rings. The average Bonchev–Trinajstić information content (AvgIpc) is 2.83. The molecule has 0 aromatic heterocycles. The van der Waals surface area contributed by atoms with Crippen LogP contribution in [0.3, 0.4) is 0 Å². The first-order chi connectivity index (χ1) is 9.26. The molecule has 4 nitrogen and oxygen atoms in total. The van der Waals surface area contributed by atoms with Crippen LogP contribution >= 0.6 is 0 Å². The van der Waals surface area contributed by atoms with E-state index in [9.17, 15) is 4.79 Å². The Morgan fingerprint density at radius 1 is 1.05 bits per heavy atom. The molecule has 3 fully saturated rings. The lowest BCUT2D eigenvalue weighted by Gasteiger charge is -2.37. The standard InChI is InChI=1S/C15H25NO3/c17-12-15(2-1-7-19-13-15)11-16-6-3-14(10-16)4-8-18-9-5-14/h12H,1-11,13H2. The Labute approximate surface area is 115 Å². The second-order valence-electron chi connectivity index (χ2n) is 6.71. The van der Waals surface area contributed by atoms with Crippen molar-refractivity contribution in [2.45, 2.75) is 32.1 Å². The molecule has 1 atom stereocenters. The van der Waals surface area contributed by atoms with E-state index in [0.717, 1.165) is 58.6 Å². The van der Waals surface area contributed by atoms with Gasteiger partial charge in [0.2, 0.25) is 0 Å². The highest BCUT2D eigenvalue weighted by atomic mass is 16.5. The Hall–Kier alpha value is -0.450. The predicted octanol–water partition coefficient (Wildman–Crippen LogP) is 1.48. The largest absolute Gasteiger partial charge is 0.381 e. The van der Waals surface area contributed by atoms with Crippen LogP contribution in [-0.4, -0.2) is 57.2 Å². The number of nitrogens with zero attached hydrogens (tertiary/aromatic N) is 1. The summed E-state index contributed by atoms with van der Waals surface area (Å²) < 4.78 is 11.0. The Morgan fingerprint density at radius 2 is 1.89 bits per heavy atom. The molecule has 0 aromatic carbocycles. The van der Waals surface area contributed by atoms with Crippen LogP contribution in [0.5, 0.6) is 0 Å². The lowest BCUT2D eigenvalue weighted by molar-refractivity contribution is -0.125. The summed E-state index contributed by atoms with van der Waals surface area (Å²) in [6.45, 7) is 6.42. The van der Waals surface area contributed by atoms with Gasteiger partial charge in [-0.1, -0.05) is 0 Å². The van der Waals surface area contributed by atoms with E-state index in [1.165, 1.54) is 19.3 Å². The van der Waals surface area contributed by atoms with Crippen LogP contribution in [0.25, 0.3) is 0 Å². The Bertz CT molecular complexity index is 319. The lowest BCUT2D eigenvalue weighted by atomic mass is 9.79. The van der Waals surface area contributed by atoms with Gasteiger partial charge in [0.25, 0.3) is 0 Å². The first-order valence-electron chi connectivity index (χ1n) is 7.60. The minimum atomic E-state index is -0.241. The number of carbonyl (C=O) groups excluding carboxylic acids is 1. The molecule has 4 heteroatoms. The van der Waals surface area contributed by atoms with Crippen molar-refractivity contribution in [1.82, 2.24) is 4.90 Å². The number of hydrogen-bond donors (Lipinski definition) is 0. The molecule has 3 heterocycles. The van der Waals surface area contributed by atoms with Crippen molar-refractivity contribution in [1.29, 1.82) is 0 Å². The zero-order valence-corrected chi connectivity index (χ0v) is 11.7. The summed E-state index contributed by atoms with van der Waals surface area (Å²) in [6.07, 6.45) is 6.81. The van der Waals surface area contributed by atoms with Gasteiger partial charge in [0, 0.05) is 32.9 Å². The fourth-order valence-electron chi connectivity index (χ4n) is 3.95. The van der Waals surface area contributed by atoms with Crippen molar-refractivity contribution in [2.24, 2.45) is 10.8 Å². The highest BCUT2D eigenvalue weighted by Crippen LogP contribution is 2.41. The summed E-state index contributed by atoms with van der Waals surface area (Å²) in [6, 6.07) is 0. The van der Waals surface area contributed by atoms with Crippen LogP contribution in [-0.2, 0) is 14.3 Å². The first-order valence-corrected chi connectivity index (χ1v) is 7.60. The van der Waals surface area contributed by atoms with Crippen LogP contribution in [0, 0.1) is 10.8 Å². The Morgan fingerprint density at radius 3 is 2.58 bits per heavy atom. The molecular weight excluding hydrogens is 242 g/mol. The van der Waals surface area contributed by atoms with Crippen molar-refractivity contribution in [3.05, 3.63) is 0 Å². The zero-order valence-electron chi connectivity index (χ0n) is 11.7. The number of likely N-dealkylation sites (tertiary alicyclic amines) is 1. The van der Waals surface area contributed by atoms with E-state index in [4.69, 9.17) is 9.47 Å². The molecule has 3 saturated heterocycles. The van der Waals surface area contributed by atoms with Crippen LogP contribution in [0.4, 0.5) is 0 Å². The number of rotatable bonds is 3. The van der Waals surface area contributed by atoms with E-state index in [-0.39, 0.29) is 5.41 Å². The predicted molar refractivity (Wildman–Crippen MR) is 72.1 cm³/mol. The van der Waals surface area contributed by atoms with Gasteiger partial charge < -0.3 is 19.2 Å². The van der Waals surface area contributed by atoms with Gasteiger partial charge in [-0.15, -0.1) is 0 Å². The van der Waals surface area contributed by atoms with E-state index in [1.54, 1.807) is 0 Å². The van der Waals surface area contributed by atoms with Crippen molar-refractivity contribution in [3.8, 4) is 0 Å². The average molecular weight is 267 g/mol. The zero-order chi connectivity index (χ0) is 13.2. The van der Waals surface area contributed by atoms with Crippen molar-refractivity contribution < 1.29 is 14.3 Å². The lowest BCUT2D eigenvalue weighted by Crippen LogP contribution is -2.44. The van der Waals surface area contributed by atoms with Crippen LogP contribution in [0.1, 0.15) is 32.1 Å². The number of ether oxygens (including phenoxy) is 2. The molecule has 0 saturated carbocycles. The quantitative estimate of drug-likeness (QED) is 0.726. The van der Waals surface area contributed by atoms with E-state index < -0.39 is 0 Å². The van der Waals surface area contributed by atoms with Gasteiger partial charge in [-0.2, -0.15) is 0 Å². The fraction of sp³-hybridized carbons (Fsp3) is 0.933. The first kappa shape index (κ1) is 13.5. The molecule has 3 aliphatic heterocycles. The van der Waals surface area contributed by atoms with Gasteiger partial charge in [0.1, 0.15) is 6.29 Å². The Balaban J connectivity index is 1.59. The molecular formula is C15H25NO3. The summed E-state index contributed by atoms with van der Waals surface area (Å²) in [7, 11) is 0. The SMILES string of the molecule is O=CC1(CN2CCC3(CCOCC3)C2)CCCOC1. The summed E-state index contributed by atoms with van der Waals surface area (Å²) in [4.78, 5) is 14.0. The molecule has 0 aliphatic carbocycles. The van der Waals surface area contributed by atoms with Crippen LogP contribution < -0.4 is 0 Å². The molecule has 0 bridgehead atoms. The monoisotopic (exact) mass is 267 g/mol. The molecule has 0 radical (unpaired) electrons. The summed E-state index contributed by atoms with van der Waals surface area (Å²) >= 11 is 0. The number of hydrogen-bond acceptors (Lipinski definition) is 4. The van der Waals surface area contributed by atoms with Crippen molar-refractivity contribution in [3.63, 3.8) is 0 Å². The minimum absolute atomic E-state index is 0.241. The van der Waals surface area contributed by atoms with Crippen molar-refractivity contribution in [2.75, 3.05) is 46.1 Å². The number of carbonyl (C=O) groups is 1. The highest BCUT2D eigenvalue weighted by Gasteiger charge is 2.42. The second-order valence-corrected chi connectivity index (χ2v) is 6.71. The summed E-state index contributed by atoms with van der Waals surface area (Å²) in [5, 5.41) is 0. The van der Waals surface area contributed by atoms with E-state index in [2.05, 4.69) is 4.90 Å². The molecule has 0 N–H and O–H groups in total. The normalized spacial score (nSPS) is 35.6. The highest BCUT2D eigenvalue weighted by molar-refractivity contribution is 5.60. The third kappa shape index (κ3) is 2.86. The topological polar surface area (TPSA) is 38.8 Å². The molecule has 3 aliphatic rings. The van der Waals surface area contributed by atoms with Crippen LogP contribution in [0.2, 0.25) is 0 Å². The third-order valence-electron chi connectivity index (χ3n) is 5.21. The van der Waals surface area contributed by atoms with Gasteiger partial charge in [-0.3, -0.25) is 0 Å². The van der Waals surface area contributed by atoms with Gasteiger partial charge in [-0.25, -0.2) is 0 Å². The molecule has 3 rings (SSSR count). The van der Waals surface area contributed by atoms with Crippen molar-refractivity contribution >= 4 is 6.29 Å². The molecule has 1 spiro atoms. The van der Waals surface area contributed by atoms with Gasteiger partial charge in [-0.05, 0) is 44.1 Å². The molecule has 0 amide bonds. The Kier molecular flexibility index (Phi) is 3.92. The van der Waals surface area contributed by atoms with Gasteiger partial charge in [0.05, 0.1) is 12.0 Å². The third-order valence-corrected chi connectivity index (χ3v) is 5.21. The number of aldehydes is 1. The second kappa shape index (κ2) is 5.51. The molecule has 108 valence electrons. The summed E-state index contributed by atoms with van der Waals surface area (Å²) in [5.41, 5.74) is 0.229. The van der Waals surface area contributed by atoms with Gasteiger partial charge in [0.15, 0.2) is 0 Å². The maximum absolute atomic E-state index is 11.5. The molecule has 19 heavy (non-hydrogen) atoms. The smallest absolute Gasteiger partial charge is 0.129 e. The maximum atomic E-state index is 11.5. The van der Waals surface area contributed by atoms with Gasteiger partial charge >= 0.3 is 0 Å². The maximum Gasteiger partial charge on any atom is 0.129 e. The van der Waals surface area contributed by atoms with Crippen LogP contribution in [0.15, 0.2) is 0 Å².